The number of rotatable bonds is 6. The molecule has 144 valence electrons. The van der Waals surface area contributed by atoms with Gasteiger partial charge in [0.2, 0.25) is 5.91 Å². The van der Waals surface area contributed by atoms with Crippen LogP contribution in [-0.2, 0) is 17.8 Å². The first-order chi connectivity index (χ1) is 13.7. The van der Waals surface area contributed by atoms with Crippen LogP contribution < -0.4 is 10.1 Å². The summed E-state index contributed by atoms with van der Waals surface area (Å²) in [6, 6.07) is 16.4. The van der Waals surface area contributed by atoms with Gasteiger partial charge in [-0.3, -0.25) is 4.79 Å². The third kappa shape index (κ3) is 4.75. The van der Waals surface area contributed by atoms with E-state index < -0.39 is 0 Å². The molecule has 0 saturated heterocycles. The monoisotopic (exact) mass is 410 g/mol. The summed E-state index contributed by atoms with van der Waals surface area (Å²) in [5.74, 6) is 1.87. The normalized spacial score (nSPS) is 15.7. The van der Waals surface area contributed by atoms with E-state index in [4.69, 9.17) is 4.74 Å². The van der Waals surface area contributed by atoms with Gasteiger partial charge in [0, 0.05) is 16.0 Å². The molecule has 1 N–H and O–H groups in total. The number of thioether (sulfide) groups is 1. The SMILES string of the molecule is Cc1ccc(OCc2nc(CC(=O)NC3CCSc4ccccc43)cs2)cc1. The number of fused-ring (bicyclic) bond motifs is 1. The van der Waals surface area contributed by atoms with Gasteiger partial charge in [-0.25, -0.2) is 4.98 Å². The Morgan fingerprint density at radius 1 is 1.21 bits per heavy atom. The van der Waals surface area contributed by atoms with Gasteiger partial charge in [0.05, 0.1) is 18.2 Å². The predicted molar refractivity (Wildman–Crippen MR) is 114 cm³/mol. The van der Waals surface area contributed by atoms with Crippen LogP contribution in [0, 0.1) is 6.92 Å². The molecular weight excluding hydrogens is 388 g/mol. The number of thiazole rings is 1. The zero-order valence-corrected chi connectivity index (χ0v) is 17.3. The fraction of sp³-hybridized carbons (Fsp3) is 0.273. The minimum atomic E-state index is 0.0167. The van der Waals surface area contributed by atoms with Crippen molar-refractivity contribution in [3.05, 3.63) is 75.7 Å². The van der Waals surface area contributed by atoms with E-state index in [-0.39, 0.29) is 11.9 Å². The van der Waals surface area contributed by atoms with E-state index >= 15 is 0 Å². The number of hydrogen-bond acceptors (Lipinski definition) is 5. The van der Waals surface area contributed by atoms with Gasteiger partial charge in [-0.15, -0.1) is 23.1 Å². The zero-order valence-electron chi connectivity index (χ0n) is 15.7. The average Bonchev–Trinajstić information content (AvgIpc) is 3.15. The van der Waals surface area contributed by atoms with E-state index in [2.05, 4.69) is 22.4 Å². The van der Waals surface area contributed by atoms with E-state index in [0.29, 0.717) is 13.0 Å². The van der Waals surface area contributed by atoms with Gasteiger partial charge in [0.15, 0.2) is 0 Å². The van der Waals surface area contributed by atoms with Crippen molar-refractivity contribution in [1.82, 2.24) is 10.3 Å². The van der Waals surface area contributed by atoms with Crippen molar-refractivity contribution < 1.29 is 9.53 Å². The van der Waals surface area contributed by atoms with Gasteiger partial charge < -0.3 is 10.1 Å². The lowest BCUT2D eigenvalue weighted by Gasteiger charge is -2.25. The molecule has 1 aromatic heterocycles. The first-order valence-corrected chi connectivity index (χ1v) is 11.2. The second kappa shape index (κ2) is 8.80. The van der Waals surface area contributed by atoms with E-state index in [1.165, 1.54) is 27.4 Å². The number of amides is 1. The molecule has 2 aromatic carbocycles. The fourth-order valence-electron chi connectivity index (χ4n) is 3.18. The Kier molecular flexibility index (Phi) is 5.98. The molecule has 1 aliphatic rings. The van der Waals surface area contributed by atoms with Crippen molar-refractivity contribution in [2.45, 2.75) is 37.3 Å². The van der Waals surface area contributed by atoms with Crippen LogP contribution in [0.2, 0.25) is 0 Å². The standard InChI is InChI=1S/C22H22N2O2S2/c1-15-6-8-17(9-7-15)26-13-22-23-16(14-28-22)12-21(25)24-19-10-11-27-20-5-3-2-4-18(19)20/h2-9,14,19H,10-13H2,1H3,(H,24,25). The summed E-state index contributed by atoms with van der Waals surface area (Å²) in [7, 11) is 0. The lowest BCUT2D eigenvalue weighted by atomic mass is 10.0. The van der Waals surface area contributed by atoms with Gasteiger partial charge in [-0.2, -0.15) is 0 Å². The zero-order chi connectivity index (χ0) is 19.3. The molecule has 0 aliphatic carbocycles. The number of carbonyl (C=O) groups excluding carboxylic acids is 1. The summed E-state index contributed by atoms with van der Waals surface area (Å²) in [4.78, 5) is 18.3. The van der Waals surface area contributed by atoms with Crippen molar-refractivity contribution in [2.24, 2.45) is 0 Å². The molecule has 1 atom stereocenters. The van der Waals surface area contributed by atoms with Crippen molar-refractivity contribution in [3.63, 3.8) is 0 Å². The van der Waals surface area contributed by atoms with E-state index in [1.807, 2.05) is 60.5 Å². The fourth-order valence-corrected chi connectivity index (χ4v) is 5.01. The van der Waals surface area contributed by atoms with Crippen LogP contribution in [0.4, 0.5) is 0 Å². The van der Waals surface area contributed by atoms with Crippen LogP contribution in [0.25, 0.3) is 0 Å². The van der Waals surface area contributed by atoms with Crippen LogP contribution in [0.1, 0.15) is 34.3 Å². The van der Waals surface area contributed by atoms with Crippen LogP contribution in [0.3, 0.4) is 0 Å². The second-order valence-electron chi connectivity index (χ2n) is 6.81. The van der Waals surface area contributed by atoms with E-state index in [0.717, 1.165) is 28.6 Å². The van der Waals surface area contributed by atoms with E-state index in [9.17, 15) is 4.79 Å². The minimum absolute atomic E-state index is 0.0167. The summed E-state index contributed by atoms with van der Waals surface area (Å²) < 4.78 is 5.77. The molecule has 1 unspecified atom stereocenters. The van der Waals surface area contributed by atoms with Gasteiger partial charge in [0.25, 0.3) is 0 Å². The molecule has 0 saturated carbocycles. The van der Waals surface area contributed by atoms with E-state index in [1.54, 1.807) is 0 Å². The summed E-state index contributed by atoms with van der Waals surface area (Å²) in [5, 5.41) is 6.00. The summed E-state index contributed by atoms with van der Waals surface area (Å²) in [6.45, 7) is 2.47. The van der Waals surface area contributed by atoms with Crippen LogP contribution in [0.15, 0.2) is 58.8 Å². The minimum Gasteiger partial charge on any atom is -0.486 e. The van der Waals surface area contributed by atoms with Crippen LogP contribution >= 0.6 is 23.1 Å². The summed E-state index contributed by atoms with van der Waals surface area (Å²) in [6.07, 6.45) is 1.26. The van der Waals surface area contributed by atoms with Crippen molar-refractivity contribution in [3.8, 4) is 5.75 Å². The largest absolute Gasteiger partial charge is 0.486 e. The number of aromatic nitrogens is 1. The van der Waals surface area contributed by atoms with Gasteiger partial charge in [-0.05, 0) is 37.1 Å². The van der Waals surface area contributed by atoms with Gasteiger partial charge in [0.1, 0.15) is 17.4 Å². The van der Waals surface area contributed by atoms with Gasteiger partial charge in [-0.1, -0.05) is 35.9 Å². The number of carbonyl (C=O) groups is 1. The Bertz CT molecular complexity index is 953. The molecule has 0 spiro atoms. The first-order valence-electron chi connectivity index (χ1n) is 9.31. The Morgan fingerprint density at radius 3 is 2.89 bits per heavy atom. The highest BCUT2D eigenvalue weighted by Crippen LogP contribution is 2.35. The van der Waals surface area contributed by atoms with Gasteiger partial charge >= 0.3 is 0 Å². The highest BCUT2D eigenvalue weighted by atomic mass is 32.2. The molecule has 6 heteroatoms. The molecule has 3 aromatic rings. The highest BCUT2D eigenvalue weighted by Gasteiger charge is 2.22. The Hall–Kier alpha value is -2.31. The highest BCUT2D eigenvalue weighted by molar-refractivity contribution is 7.99. The molecule has 2 heterocycles. The number of hydrogen-bond donors (Lipinski definition) is 1. The third-order valence-electron chi connectivity index (χ3n) is 4.62. The van der Waals surface area contributed by atoms with Crippen LogP contribution in [-0.4, -0.2) is 16.6 Å². The smallest absolute Gasteiger partial charge is 0.226 e. The second-order valence-corrected chi connectivity index (χ2v) is 8.89. The maximum Gasteiger partial charge on any atom is 0.226 e. The number of benzene rings is 2. The van der Waals surface area contributed by atoms with Crippen molar-refractivity contribution >= 4 is 29.0 Å². The first kappa shape index (κ1) is 19.0. The molecule has 1 amide bonds. The lowest BCUT2D eigenvalue weighted by Crippen LogP contribution is -2.31. The Morgan fingerprint density at radius 2 is 2.04 bits per heavy atom. The third-order valence-corrected chi connectivity index (χ3v) is 6.61. The Labute approximate surface area is 173 Å². The van der Waals surface area contributed by atoms with Crippen LogP contribution in [0.5, 0.6) is 5.75 Å². The predicted octanol–water partition coefficient (Wildman–Crippen LogP) is 4.93. The molecule has 4 nitrogen and oxygen atoms in total. The average molecular weight is 411 g/mol. The summed E-state index contributed by atoms with van der Waals surface area (Å²) >= 11 is 3.38. The Balaban J connectivity index is 1.31. The molecule has 4 rings (SSSR count). The quantitative estimate of drug-likeness (QED) is 0.626. The maximum atomic E-state index is 12.5. The summed E-state index contributed by atoms with van der Waals surface area (Å²) in [5.41, 5.74) is 3.22. The lowest BCUT2D eigenvalue weighted by molar-refractivity contribution is -0.121. The molecule has 28 heavy (non-hydrogen) atoms. The number of aryl methyl sites for hydroxylation is 1. The topological polar surface area (TPSA) is 51.2 Å². The van der Waals surface area contributed by atoms with Crippen molar-refractivity contribution in [1.29, 1.82) is 0 Å². The number of nitrogens with zero attached hydrogens (tertiary/aromatic N) is 1. The molecule has 0 radical (unpaired) electrons. The van der Waals surface area contributed by atoms with Crippen molar-refractivity contribution in [2.75, 3.05) is 5.75 Å². The maximum absolute atomic E-state index is 12.5. The molecule has 1 aliphatic heterocycles. The number of nitrogens with one attached hydrogen (secondary N) is 1. The molecular formula is C22H22N2O2S2. The number of ether oxygens (including phenoxy) is 1. The molecule has 0 bridgehead atoms. The molecule has 0 fully saturated rings.